The van der Waals surface area contributed by atoms with Crippen molar-refractivity contribution in [3.63, 3.8) is 0 Å². The summed E-state index contributed by atoms with van der Waals surface area (Å²) in [5, 5.41) is 3.84. The highest BCUT2D eigenvalue weighted by Crippen LogP contribution is 2.45. The van der Waals surface area contributed by atoms with Crippen LogP contribution < -0.4 is 5.32 Å². The second-order valence-corrected chi connectivity index (χ2v) is 5.52. The van der Waals surface area contributed by atoms with Gasteiger partial charge in [-0.3, -0.25) is 0 Å². The van der Waals surface area contributed by atoms with Crippen LogP contribution in [0.15, 0.2) is 0 Å². The molecule has 0 amide bonds. The lowest BCUT2D eigenvalue weighted by Crippen LogP contribution is -2.49. The SMILES string of the molecule is CC1CC1NC1CCC1C1CCC1. The van der Waals surface area contributed by atoms with Crippen LogP contribution in [0.3, 0.4) is 0 Å². The van der Waals surface area contributed by atoms with Crippen LogP contribution in [-0.2, 0) is 0 Å². The standard InChI is InChI=1S/C12H21N/c1-8-7-12(8)13-11-6-5-10(11)9-3-2-4-9/h8-13H,2-7H2,1H3. The molecule has 0 aromatic carbocycles. The Bertz CT molecular complexity index is 197. The molecule has 0 heterocycles. The van der Waals surface area contributed by atoms with Crippen LogP contribution >= 0.6 is 0 Å². The summed E-state index contributed by atoms with van der Waals surface area (Å²) in [6.07, 6.45) is 8.99. The maximum absolute atomic E-state index is 3.84. The van der Waals surface area contributed by atoms with E-state index in [2.05, 4.69) is 12.2 Å². The highest BCUT2D eigenvalue weighted by atomic mass is 15.0. The number of nitrogens with one attached hydrogen (secondary N) is 1. The molecular weight excluding hydrogens is 158 g/mol. The van der Waals surface area contributed by atoms with E-state index in [1.807, 2.05) is 0 Å². The number of hydrogen-bond acceptors (Lipinski definition) is 1. The van der Waals surface area contributed by atoms with Crippen LogP contribution in [-0.4, -0.2) is 12.1 Å². The van der Waals surface area contributed by atoms with Crippen LogP contribution in [0.1, 0.15) is 45.4 Å². The molecule has 0 radical (unpaired) electrons. The van der Waals surface area contributed by atoms with E-state index in [-0.39, 0.29) is 0 Å². The summed E-state index contributed by atoms with van der Waals surface area (Å²) in [7, 11) is 0. The Kier molecular flexibility index (Phi) is 1.90. The third kappa shape index (κ3) is 1.41. The zero-order valence-corrected chi connectivity index (χ0v) is 8.63. The Morgan fingerprint density at radius 1 is 1.00 bits per heavy atom. The molecule has 3 aliphatic carbocycles. The summed E-state index contributed by atoms with van der Waals surface area (Å²) >= 11 is 0. The molecule has 0 spiro atoms. The van der Waals surface area contributed by atoms with Gasteiger partial charge in [0.05, 0.1) is 0 Å². The molecule has 0 aromatic rings. The van der Waals surface area contributed by atoms with Crippen LogP contribution in [0.25, 0.3) is 0 Å². The molecule has 3 saturated carbocycles. The van der Waals surface area contributed by atoms with Crippen LogP contribution in [0, 0.1) is 17.8 Å². The van der Waals surface area contributed by atoms with Gasteiger partial charge >= 0.3 is 0 Å². The molecule has 1 nitrogen and oxygen atoms in total. The quantitative estimate of drug-likeness (QED) is 0.702. The zero-order chi connectivity index (χ0) is 8.84. The van der Waals surface area contributed by atoms with Crippen molar-refractivity contribution >= 4 is 0 Å². The lowest BCUT2D eigenvalue weighted by molar-refractivity contribution is 0.0805. The molecule has 74 valence electrons. The first-order chi connectivity index (χ1) is 6.34. The second-order valence-electron chi connectivity index (χ2n) is 5.52. The third-order valence-electron chi connectivity index (χ3n) is 4.62. The molecule has 3 fully saturated rings. The number of rotatable bonds is 3. The van der Waals surface area contributed by atoms with E-state index < -0.39 is 0 Å². The zero-order valence-electron chi connectivity index (χ0n) is 8.63. The van der Waals surface area contributed by atoms with E-state index in [1.165, 1.54) is 38.5 Å². The van der Waals surface area contributed by atoms with Gasteiger partial charge in [0.25, 0.3) is 0 Å². The minimum Gasteiger partial charge on any atom is -0.311 e. The Morgan fingerprint density at radius 3 is 2.15 bits per heavy atom. The smallest absolute Gasteiger partial charge is 0.0101 e. The van der Waals surface area contributed by atoms with Crippen molar-refractivity contribution in [3.05, 3.63) is 0 Å². The van der Waals surface area contributed by atoms with Crippen molar-refractivity contribution < 1.29 is 0 Å². The van der Waals surface area contributed by atoms with Crippen LogP contribution in [0.4, 0.5) is 0 Å². The molecule has 0 aliphatic heterocycles. The fourth-order valence-corrected chi connectivity index (χ4v) is 2.99. The minimum atomic E-state index is 0.896. The highest BCUT2D eigenvalue weighted by Gasteiger charge is 2.43. The molecule has 0 aromatic heterocycles. The first kappa shape index (κ1) is 8.28. The molecule has 0 bridgehead atoms. The van der Waals surface area contributed by atoms with Crippen molar-refractivity contribution in [2.24, 2.45) is 17.8 Å². The normalized spacial score (nSPS) is 49.6. The van der Waals surface area contributed by atoms with Crippen molar-refractivity contribution in [2.45, 2.75) is 57.5 Å². The van der Waals surface area contributed by atoms with E-state index in [0.29, 0.717) is 0 Å². The summed E-state index contributed by atoms with van der Waals surface area (Å²) in [6.45, 7) is 2.37. The largest absolute Gasteiger partial charge is 0.311 e. The maximum Gasteiger partial charge on any atom is 0.0101 e. The molecule has 1 N–H and O–H groups in total. The van der Waals surface area contributed by atoms with Gasteiger partial charge in [-0.15, -0.1) is 0 Å². The van der Waals surface area contributed by atoms with Crippen LogP contribution in [0.2, 0.25) is 0 Å². The summed E-state index contributed by atoms with van der Waals surface area (Å²) < 4.78 is 0. The van der Waals surface area contributed by atoms with Gasteiger partial charge in [0, 0.05) is 12.1 Å². The van der Waals surface area contributed by atoms with E-state index >= 15 is 0 Å². The predicted octanol–water partition coefficient (Wildman–Crippen LogP) is 2.56. The molecule has 1 heteroatoms. The summed E-state index contributed by atoms with van der Waals surface area (Å²) in [4.78, 5) is 0. The molecule has 0 saturated heterocycles. The molecule has 3 rings (SSSR count). The predicted molar refractivity (Wildman–Crippen MR) is 54.6 cm³/mol. The third-order valence-corrected chi connectivity index (χ3v) is 4.62. The maximum atomic E-state index is 3.84. The fourth-order valence-electron chi connectivity index (χ4n) is 2.99. The van der Waals surface area contributed by atoms with Gasteiger partial charge in [0.15, 0.2) is 0 Å². The first-order valence-electron chi connectivity index (χ1n) is 6.10. The summed E-state index contributed by atoms with van der Waals surface area (Å²) in [5.41, 5.74) is 0. The first-order valence-corrected chi connectivity index (χ1v) is 6.10. The van der Waals surface area contributed by atoms with Crippen molar-refractivity contribution in [1.29, 1.82) is 0 Å². The van der Waals surface area contributed by atoms with Gasteiger partial charge in [-0.25, -0.2) is 0 Å². The van der Waals surface area contributed by atoms with Crippen molar-refractivity contribution in [1.82, 2.24) is 5.32 Å². The van der Waals surface area contributed by atoms with Crippen molar-refractivity contribution in [3.8, 4) is 0 Å². The Hall–Kier alpha value is -0.0400. The Labute approximate surface area is 81.3 Å². The van der Waals surface area contributed by atoms with Gasteiger partial charge in [0.1, 0.15) is 0 Å². The van der Waals surface area contributed by atoms with E-state index in [1.54, 1.807) is 0 Å². The molecule has 13 heavy (non-hydrogen) atoms. The average Bonchev–Trinajstić information content (AvgIpc) is 2.67. The van der Waals surface area contributed by atoms with Gasteiger partial charge in [-0.1, -0.05) is 26.2 Å². The lowest BCUT2D eigenvalue weighted by atomic mass is 9.64. The lowest BCUT2D eigenvalue weighted by Gasteiger charge is -2.46. The van der Waals surface area contributed by atoms with Crippen molar-refractivity contribution in [2.75, 3.05) is 0 Å². The van der Waals surface area contributed by atoms with Gasteiger partial charge in [-0.2, -0.15) is 0 Å². The second kappa shape index (κ2) is 2.98. The van der Waals surface area contributed by atoms with Crippen LogP contribution in [0.5, 0.6) is 0 Å². The topological polar surface area (TPSA) is 12.0 Å². The highest BCUT2D eigenvalue weighted by molar-refractivity contribution is 4.99. The summed E-state index contributed by atoms with van der Waals surface area (Å²) in [6, 6.07) is 1.81. The molecular formula is C12H21N. The number of hydrogen-bond donors (Lipinski definition) is 1. The molecule has 3 aliphatic rings. The average molecular weight is 179 g/mol. The Morgan fingerprint density at radius 2 is 1.77 bits per heavy atom. The minimum absolute atomic E-state index is 0.896. The molecule has 4 atom stereocenters. The monoisotopic (exact) mass is 179 g/mol. The van der Waals surface area contributed by atoms with E-state index in [0.717, 1.165) is 29.8 Å². The van der Waals surface area contributed by atoms with E-state index in [9.17, 15) is 0 Å². The summed E-state index contributed by atoms with van der Waals surface area (Å²) in [5.74, 6) is 3.16. The molecule has 4 unspecified atom stereocenters. The van der Waals surface area contributed by atoms with Gasteiger partial charge < -0.3 is 5.32 Å². The van der Waals surface area contributed by atoms with E-state index in [4.69, 9.17) is 0 Å². The fraction of sp³-hybridized carbons (Fsp3) is 1.00. The Balaban J connectivity index is 1.48. The van der Waals surface area contributed by atoms with Gasteiger partial charge in [0.2, 0.25) is 0 Å². The van der Waals surface area contributed by atoms with Gasteiger partial charge in [-0.05, 0) is 37.0 Å².